The third-order valence-electron chi connectivity index (χ3n) is 6.49. The Kier molecular flexibility index (Phi) is 7.21. The molecule has 1 atom stereocenters. The number of nitrogens with zero attached hydrogens (tertiary/aromatic N) is 1. The second-order valence-corrected chi connectivity index (χ2v) is 8.62. The van der Waals surface area contributed by atoms with E-state index in [1.165, 1.54) is 0 Å². The van der Waals surface area contributed by atoms with E-state index in [-0.39, 0.29) is 6.07 Å². The lowest BCUT2D eigenvalue weighted by atomic mass is 9.82. The lowest BCUT2D eigenvalue weighted by molar-refractivity contribution is -0.143. The first kappa shape index (κ1) is 25.9. The smallest absolute Gasteiger partial charge is 0.417 e. The fourth-order valence-electron chi connectivity index (χ4n) is 4.76. The Balaban J connectivity index is 2.15. The number of carbonyl (C=O) groups excluding carboxylic acids is 1. The summed E-state index contributed by atoms with van der Waals surface area (Å²) in [5, 5.41) is 2.72. The van der Waals surface area contributed by atoms with Crippen molar-refractivity contribution >= 4 is 5.91 Å². The van der Waals surface area contributed by atoms with Gasteiger partial charge in [-0.05, 0) is 44.6 Å². The van der Waals surface area contributed by atoms with Crippen LogP contribution in [0.15, 0.2) is 42.5 Å². The van der Waals surface area contributed by atoms with Gasteiger partial charge >= 0.3 is 12.4 Å². The van der Waals surface area contributed by atoms with E-state index in [0.717, 1.165) is 20.0 Å². The molecule has 0 spiro atoms. The van der Waals surface area contributed by atoms with E-state index in [0.29, 0.717) is 24.5 Å². The highest BCUT2D eigenvalue weighted by Gasteiger charge is 2.46. The van der Waals surface area contributed by atoms with Gasteiger partial charge in [-0.3, -0.25) is 4.79 Å². The molecule has 0 bridgehead atoms. The number of hydrogen-bond acceptors (Lipinski definition) is 3. The third kappa shape index (κ3) is 5.01. The first-order valence-electron chi connectivity index (χ1n) is 10.7. The second-order valence-electron chi connectivity index (χ2n) is 8.62. The minimum absolute atomic E-state index is 0.0494. The number of rotatable bonds is 6. The first-order chi connectivity index (χ1) is 15.8. The van der Waals surface area contributed by atoms with Gasteiger partial charge in [-0.1, -0.05) is 43.2 Å². The van der Waals surface area contributed by atoms with Gasteiger partial charge in [0.15, 0.2) is 0 Å². The zero-order chi connectivity index (χ0) is 25.3. The van der Waals surface area contributed by atoms with Crippen LogP contribution in [0.4, 0.5) is 26.3 Å². The second kappa shape index (κ2) is 9.48. The molecule has 1 unspecified atom stereocenters. The molecule has 2 aromatic rings. The Labute approximate surface area is 193 Å². The van der Waals surface area contributed by atoms with Gasteiger partial charge in [0.1, 0.15) is 5.75 Å². The lowest BCUT2D eigenvalue weighted by Gasteiger charge is -2.44. The molecule has 1 N–H and O–H groups in total. The van der Waals surface area contributed by atoms with E-state index in [1.807, 2.05) is 19.0 Å². The topological polar surface area (TPSA) is 41.6 Å². The Morgan fingerprint density at radius 3 is 2.06 bits per heavy atom. The molecular formula is C24H26F6N2O2. The van der Waals surface area contributed by atoms with Crippen LogP contribution in [0.5, 0.6) is 5.75 Å². The van der Waals surface area contributed by atoms with E-state index < -0.39 is 52.3 Å². The van der Waals surface area contributed by atoms with Gasteiger partial charge in [0, 0.05) is 5.54 Å². The molecule has 0 aromatic heterocycles. The van der Waals surface area contributed by atoms with Crippen LogP contribution >= 0.6 is 0 Å². The number of alkyl halides is 6. The van der Waals surface area contributed by atoms with Gasteiger partial charge in [-0.15, -0.1) is 0 Å². The van der Waals surface area contributed by atoms with E-state index in [2.05, 4.69) is 5.32 Å². The Morgan fingerprint density at radius 1 is 1.00 bits per heavy atom. The zero-order valence-electron chi connectivity index (χ0n) is 19.0. The Hall–Kier alpha value is -2.75. The van der Waals surface area contributed by atoms with Gasteiger partial charge in [-0.25, -0.2) is 0 Å². The summed E-state index contributed by atoms with van der Waals surface area (Å²) in [4.78, 5) is 15.3. The molecule has 0 radical (unpaired) electrons. The third-order valence-corrected chi connectivity index (χ3v) is 6.49. The minimum Gasteiger partial charge on any atom is -0.496 e. The van der Waals surface area contributed by atoms with Crippen LogP contribution in [0.25, 0.3) is 0 Å². The molecule has 0 aliphatic heterocycles. The monoisotopic (exact) mass is 488 g/mol. The van der Waals surface area contributed by atoms with Gasteiger partial charge < -0.3 is 15.0 Å². The average Bonchev–Trinajstić information content (AvgIpc) is 3.27. The zero-order valence-corrected chi connectivity index (χ0v) is 19.0. The molecule has 1 saturated carbocycles. The predicted molar refractivity (Wildman–Crippen MR) is 115 cm³/mol. The number of ether oxygens (including phenoxy) is 1. The summed E-state index contributed by atoms with van der Waals surface area (Å²) in [6.07, 6.45) is -7.14. The number of methoxy groups -OCH3 is 1. The maximum absolute atomic E-state index is 13.8. The highest BCUT2D eigenvalue weighted by molar-refractivity contribution is 5.99. The maximum Gasteiger partial charge on any atom is 0.417 e. The number of halogens is 6. The highest BCUT2D eigenvalue weighted by Crippen LogP contribution is 2.45. The Bertz CT molecular complexity index is 1010. The van der Waals surface area contributed by atoms with Crippen LogP contribution in [0.1, 0.15) is 58.8 Å². The quantitative estimate of drug-likeness (QED) is 0.502. The number of amides is 1. The standard InChI is InChI=1S/C24H26F6N2O2/c1-32(2)22(11-7-8-12-22)20(15-9-5-4-6-10-15)31-21(33)19-17(24(28,29)30)13-16(23(25,26)27)14-18(19)34-3/h4-6,9-10,13-14,20H,7-8,11-12H2,1-3H3,(H,31,33). The molecule has 3 rings (SSSR count). The molecule has 1 aliphatic carbocycles. The van der Waals surface area contributed by atoms with Gasteiger partial charge in [0.25, 0.3) is 5.91 Å². The van der Waals surface area contributed by atoms with E-state index >= 15 is 0 Å². The molecule has 1 amide bonds. The van der Waals surface area contributed by atoms with Gasteiger partial charge in [-0.2, -0.15) is 26.3 Å². The van der Waals surface area contributed by atoms with Crippen LogP contribution in [0, 0.1) is 0 Å². The summed E-state index contributed by atoms with van der Waals surface area (Å²) >= 11 is 0. The summed E-state index contributed by atoms with van der Waals surface area (Å²) in [5.41, 5.74) is -4.11. The molecule has 186 valence electrons. The SMILES string of the molecule is COc1cc(C(F)(F)F)cc(C(F)(F)F)c1C(=O)NC(c1ccccc1)C1(N(C)C)CCCC1. The molecule has 0 heterocycles. The molecule has 2 aromatic carbocycles. The summed E-state index contributed by atoms with van der Waals surface area (Å²) < 4.78 is 86.1. The molecule has 0 saturated heterocycles. The van der Waals surface area contributed by atoms with E-state index in [1.54, 1.807) is 30.3 Å². The van der Waals surface area contributed by atoms with Crippen LogP contribution < -0.4 is 10.1 Å². The summed E-state index contributed by atoms with van der Waals surface area (Å²) in [5.74, 6) is -1.95. The van der Waals surface area contributed by atoms with Crippen molar-refractivity contribution in [3.63, 3.8) is 0 Å². The van der Waals surface area contributed by atoms with Crippen molar-refractivity contribution < 1.29 is 35.9 Å². The van der Waals surface area contributed by atoms with Crippen LogP contribution in [-0.4, -0.2) is 37.6 Å². The summed E-state index contributed by atoms with van der Waals surface area (Å²) in [6.45, 7) is 0. The predicted octanol–water partition coefficient (Wildman–Crippen LogP) is 6.08. The fraction of sp³-hybridized carbons (Fsp3) is 0.458. The molecule has 4 nitrogen and oxygen atoms in total. The fourth-order valence-corrected chi connectivity index (χ4v) is 4.76. The van der Waals surface area contributed by atoms with Crippen molar-refractivity contribution in [2.75, 3.05) is 21.2 Å². The van der Waals surface area contributed by atoms with E-state index in [4.69, 9.17) is 4.74 Å². The van der Waals surface area contributed by atoms with Crippen molar-refractivity contribution in [3.8, 4) is 5.75 Å². The van der Waals surface area contributed by atoms with Crippen LogP contribution in [0.3, 0.4) is 0 Å². The molecular weight excluding hydrogens is 462 g/mol. The molecule has 34 heavy (non-hydrogen) atoms. The first-order valence-corrected chi connectivity index (χ1v) is 10.7. The highest BCUT2D eigenvalue weighted by atomic mass is 19.4. The van der Waals surface area contributed by atoms with Gasteiger partial charge in [0.2, 0.25) is 0 Å². The van der Waals surface area contributed by atoms with E-state index in [9.17, 15) is 31.1 Å². The maximum atomic E-state index is 13.8. The van der Waals surface area contributed by atoms with Crippen LogP contribution in [-0.2, 0) is 12.4 Å². The van der Waals surface area contributed by atoms with Crippen LogP contribution in [0.2, 0.25) is 0 Å². The van der Waals surface area contributed by atoms with Gasteiger partial charge in [0.05, 0.1) is 29.8 Å². The summed E-state index contributed by atoms with van der Waals surface area (Å²) in [6, 6.07) is 8.49. The molecule has 10 heteroatoms. The Morgan fingerprint density at radius 2 is 1.59 bits per heavy atom. The minimum atomic E-state index is -5.21. The molecule has 1 fully saturated rings. The van der Waals surface area contributed by atoms with Crippen molar-refractivity contribution in [1.29, 1.82) is 0 Å². The summed E-state index contributed by atoms with van der Waals surface area (Å²) in [7, 11) is 4.61. The number of hydrogen-bond donors (Lipinski definition) is 1. The number of benzene rings is 2. The molecule has 1 aliphatic rings. The number of nitrogens with one attached hydrogen (secondary N) is 1. The van der Waals surface area contributed by atoms with Crippen molar-refractivity contribution in [1.82, 2.24) is 10.2 Å². The normalized spacial score (nSPS) is 17.0. The number of likely N-dealkylation sites (N-methyl/N-ethyl adjacent to an activating group) is 1. The largest absolute Gasteiger partial charge is 0.496 e. The lowest BCUT2D eigenvalue weighted by Crippen LogP contribution is -2.53. The van der Waals surface area contributed by atoms with Crippen molar-refractivity contribution in [3.05, 3.63) is 64.7 Å². The average molecular weight is 488 g/mol. The van der Waals surface area contributed by atoms with Crippen molar-refractivity contribution in [2.24, 2.45) is 0 Å². The van der Waals surface area contributed by atoms with Crippen molar-refractivity contribution in [2.45, 2.75) is 49.6 Å². The number of carbonyl (C=O) groups is 1.